The van der Waals surface area contributed by atoms with E-state index in [1.54, 1.807) is 0 Å². The van der Waals surface area contributed by atoms with E-state index in [1.165, 1.54) is 11.1 Å². The maximum absolute atomic E-state index is 5.75. The molecule has 4 nitrogen and oxygen atoms in total. The van der Waals surface area contributed by atoms with Gasteiger partial charge in [0.15, 0.2) is 0 Å². The molecule has 0 fully saturated rings. The molecule has 1 aromatic heterocycles. The van der Waals surface area contributed by atoms with Crippen LogP contribution in [0.4, 0.5) is 5.82 Å². The zero-order chi connectivity index (χ0) is 15.8. The molecule has 0 aliphatic carbocycles. The summed E-state index contributed by atoms with van der Waals surface area (Å²) in [6.45, 7) is 6.41. The minimum absolute atomic E-state index is 0. The largest absolute Gasteiger partial charge is 0.360 e. The van der Waals surface area contributed by atoms with Gasteiger partial charge in [0, 0.05) is 46.0 Å². The number of pyridine rings is 1. The summed E-state index contributed by atoms with van der Waals surface area (Å²) in [6, 6.07) is 14.7. The lowest BCUT2D eigenvalue weighted by molar-refractivity contribution is 0.264. The maximum Gasteiger partial charge on any atom is 0.128 e. The van der Waals surface area contributed by atoms with Gasteiger partial charge in [-0.2, -0.15) is 0 Å². The molecule has 2 aromatic rings. The molecule has 0 saturated carbocycles. The summed E-state index contributed by atoms with van der Waals surface area (Å²) < 4.78 is 0. The van der Waals surface area contributed by atoms with Crippen molar-refractivity contribution in [1.82, 2.24) is 9.88 Å². The second kappa shape index (κ2) is 10.2. The number of benzene rings is 1. The molecular weight excluding hydrogens is 308 g/mol. The Kier molecular flexibility index (Phi) is 8.62. The van der Waals surface area contributed by atoms with Crippen molar-refractivity contribution in [2.45, 2.75) is 20.0 Å². The fourth-order valence-corrected chi connectivity index (χ4v) is 2.39. The molecular formula is C18H27ClN4. The average Bonchev–Trinajstić information content (AvgIpc) is 2.56. The minimum atomic E-state index is 0. The first kappa shape index (κ1) is 19.4. The Morgan fingerprint density at radius 1 is 1.00 bits per heavy atom. The molecule has 0 amide bonds. The summed E-state index contributed by atoms with van der Waals surface area (Å²) in [7, 11) is 2.05. The highest BCUT2D eigenvalue weighted by molar-refractivity contribution is 5.85. The van der Waals surface area contributed by atoms with Crippen molar-refractivity contribution in [2.75, 3.05) is 31.6 Å². The quantitative estimate of drug-likeness (QED) is 0.806. The van der Waals surface area contributed by atoms with Gasteiger partial charge in [-0.3, -0.25) is 4.90 Å². The van der Waals surface area contributed by atoms with Crippen molar-refractivity contribution in [2.24, 2.45) is 5.73 Å². The highest BCUT2D eigenvalue weighted by atomic mass is 35.5. The van der Waals surface area contributed by atoms with Gasteiger partial charge in [-0.1, -0.05) is 36.4 Å². The number of hydrogen-bond donors (Lipinski definition) is 1. The molecule has 2 N–H and O–H groups in total. The molecule has 1 aromatic carbocycles. The van der Waals surface area contributed by atoms with E-state index in [0.717, 1.165) is 32.0 Å². The third-order valence-electron chi connectivity index (χ3n) is 3.78. The van der Waals surface area contributed by atoms with Crippen LogP contribution in [0.25, 0.3) is 0 Å². The minimum Gasteiger partial charge on any atom is -0.360 e. The van der Waals surface area contributed by atoms with Crippen LogP contribution < -0.4 is 10.6 Å². The second-order valence-electron chi connectivity index (χ2n) is 5.52. The second-order valence-corrected chi connectivity index (χ2v) is 5.52. The van der Waals surface area contributed by atoms with E-state index in [2.05, 4.69) is 65.2 Å². The average molecular weight is 335 g/mol. The van der Waals surface area contributed by atoms with E-state index in [1.807, 2.05) is 12.3 Å². The van der Waals surface area contributed by atoms with E-state index in [9.17, 15) is 0 Å². The summed E-state index contributed by atoms with van der Waals surface area (Å²) in [4.78, 5) is 9.02. The SMILES string of the molecule is CCN(C)c1ccc(CN(CCN)Cc2ccccc2)cn1.Cl. The van der Waals surface area contributed by atoms with E-state index in [4.69, 9.17) is 5.73 Å². The Balaban J connectivity index is 0.00000264. The molecule has 0 saturated heterocycles. The van der Waals surface area contributed by atoms with Gasteiger partial charge in [0.2, 0.25) is 0 Å². The summed E-state index contributed by atoms with van der Waals surface area (Å²) in [5, 5.41) is 0. The van der Waals surface area contributed by atoms with Crippen LogP contribution in [0.5, 0.6) is 0 Å². The molecule has 126 valence electrons. The van der Waals surface area contributed by atoms with E-state index in [-0.39, 0.29) is 12.4 Å². The number of rotatable bonds is 8. The van der Waals surface area contributed by atoms with Gasteiger partial charge in [-0.15, -0.1) is 12.4 Å². The number of hydrogen-bond acceptors (Lipinski definition) is 4. The van der Waals surface area contributed by atoms with Crippen LogP contribution in [0.3, 0.4) is 0 Å². The third-order valence-corrected chi connectivity index (χ3v) is 3.78. The van der Waals surface area contributed by atoms with Gasteiger partial charge >= 0.3 is 0 Å². The molecule has 0 aliphatic heterocycles. The number of anilines is 1. The number of nitrogens with zero attached hydrogens (tertiary/aromatic N) is 3. The highest BCUT2D eigenvalue weighted by Gasteiger charge is 2.07. The smallest absolute Gasteiger partial charge is 0.128 e. The molecule has 23 heavy (non-hydrogen) atoms. The van der Waals surface area contributed by atoms with Gasteiger partial charge in [0.25, 0.3) is 0 Å². The van der Waals surface area contributed by atoms with Crippen molar-refractivity contribution >= 4 is 18.2 Å². The molecule has 5 heteroatoms. The zero-order valence-electron chi connectivity index (χ0n) is 14.0. The van der Waals surface area contributed by atoms with Crippen LogP contribution in [0, 0.1) is 0 Å². The summed E-state index contributed by atoms with van der Waals surface area (Å²) in [6.07, 6.45) is 1.97. The fourth-order valence-electron chi connectivity index (χ4n) is 2.39. The fraction of sp³-hybridized carbons (Fsp3) is 0.389. The first-order valence-electron chi connectivity index (χ1n) is 7.85. The van der Waals surface area contributed by atoms with Gasteiger partial charge in [-0.05, 0) is 24.1 Å². The summed E-state index contributed by atoms with van der Waals surface area (Å²) in [5.74, 6) is 1.01. The van der Waals surface area contributed by atoms with Crippen LogP contribution in [-0.2, 0) is 13.1 Å². The van der Waals surface area contributed by atoms with Crippen molar-refractivity contribution < 1.29 is 0 Å². The van der Waals surface area contributed by atoms with Crippen molar-refractivity contribution in [3.8, 4) is 0 Å². The lowest BCUT2D eigenvalue weighted by Crippen LogP contribution is -2.28. The Labute approximate surface area is 145 Å². The van der Waals surface area contributed by atoms with Crippen molar-refractivity contribution in [3.63, 3.8) is 0 Å². The standard InChI is InChI=1S/C18H26N4.ClH/c1-3-21(2)18-10-9-17(13-20-18)15-22(12-11-19)14-16-7-5-4-6-8-16;/h4-10,13H,3,11-12,14-15,19H2,1-2H3;1H. The van der Waals surface area contributed by atoms with E-state index >= 15 is 0 Å². The Morgan fingerprint density at radius 2 is 1.70 bits per heavy atom. The van der Waals surface area contributed by atoms with Gasteiger partial charge in [0.1, 0.15) is 5.82 Å². The summed E-state index contributed by atoms with van der Waals surface area (Å²) in [5.41, 5.74) is 8.29. The van der Waals surface area contributed by atoms with Crippen LogP contribution in [-0.4, -0.2) is 36.6 Å². The molecule has 0 bridgehead atoms. The summed E-state index contributed by atoms with van der Waals surface area (Å²) >= 11 is 0. The van der Waals surface area contributed by atoms with Gasteiger partial charge in [0.05, 0.1) is 0 Å². The molecule has 0 radical (unpaired) electrons. The lowest BCUT2D eigenvalue weighted by Gasteiger charge is -2.22. The molecule has 0 aliphatic rings. The van der Waals surface area contributed by atoms with E-state index < -0.39 is 0 Å². The van der Waals surface area contributed by atoms with Crippen LogP contribution in [0.1, 0.15) is 18.1 Å². The normalized spacial score (nSPS) is 10.4. The lowest BCUT2D eigenvalue weighted by atomic mass is 10.2. The number of aromatic nitrogens is 1. The molecule has 0 unspecified atom stereocenters. The highest BCUT2D eigenvalue weighted by Crippen LogP contribution is 2.12. The monoisotopic (exact) mass is 334 g/mol. The Bertz CT molecular complexity index is 545. The topological polar surface area (TPSA) is 45.4 Å². The first-order valence-corrected chi connectivity index (χ1v) is 7.85. The predicted molar refractivity (Wildman–Crippen MR) is 100 cm³/mol. The van der Waals surface area contributed by atoms with Crippen LogP contribution in [0.2, 0.25) is 0 Å². The zero-order valence-corrected chi connectivity index (χ0v) is 14.8. The Hall–Kier alpha value is -1.62. The number of halogens is 1. The van der Waals surface area contributed by atoms with E-state index in [0.29, 0.717) is 6.54 Å². The molecule has 1 heterocycles. The van der Waals surface area contributed by atoms with Crippen LogP contribution >= 0.6 is 12.4 Å². The van der Waals surface area contributed by atoms with Crippen molar-refractivity contribution in [1.29, 1.82) is 0 Å². The molecule has 0 atom stereocenters. The first-order chi connectivity index (χ1) is 10.7. The molecule has 2 rings (SSSR count). The maximum atomic E-state index is 5.75. The van der Waals surface area contributed by atoms with Gasteiger partial charge < -0.3 is 10.6 Å². The number of nitrogens with two attached hydrogens (primary N) is 1. The van der Waals surface area contributed by atoms with Gasteiger partial charge in [-0.25, -0.2) is 4.98 Å². The predicted octanol–water partition coefficient (Wildman–Crippen LogP) is 2.92. The van der Waals surface area contributed by atoms with Crippen molar-refractivity contribution in [3.05, 3.63) is 59.8 Å². The molecule has 0 spiro atoms. The third kappa shape index (κ3) is 6.18. The Morgan fingerprint density at radius 3 is 2.26 bits per heavy atom. The van der Waals surface area contributed by atoms with Crippen LogP contribution in [0.15, 0.2) is 48.7 Å².